The fourth-order valence-electron chi connectivity index (χ4n) is 3.21. The van der Waals surface area contributed by atoms with Crippen molar-refractivity contribution in [1.82, 2.24) is 14.9 Å². The van der Waals surface area contributed by atoms with Crippen molar-refractivity contribution in [1.29, 1.82) is 0 Å². The molecule has 2 aliphatic heterocycles. The molecule has 1 atom stereocenters. The first-order valence-corrected chi connectivity index (χ1v) is 7.62. The lowest BCUT2D eigenvalue weighted by Gasteiger charge is -2.49. The van der Waals surface area contributed by atoms with E-state index in [1.165, 1.54) is 12.7 Å². The summed E-state index contributed by atoms with van der Waals surface area (Å²) in [6, 6.07) is 5.58. The summed E-state index contributed by atoms with van der Waals surface area (Å²) in [7, 11) is 0. The van der Waals surface area contributed by atoms with Gasteiger partial charge in [0.1, 0.15) is 11.9 Å². The number of carbonyl (C=O) groups is 1. The number of nitrogens with zero attached hydrogens (tertiary/aromatic N) is 3. The fourth-order valence-corrected chi connectivity index (χ4v) is 3.21. The van der Waals surface area contributed by atoms with Crippen LogP contribution in [0.1, 0.15) is 16.9 Å². The van der Waals surface area contributed by atoms with Crippen LogP contribution in [0.2, 0.25) is 0 Å². The van der Waals surface area contributed by atoms with Crippen LogP contribution < -0.4 is 4.74 Å². The molecular formula is C16H17N3O4. The molecule has 1 amide bonds. The summed E-state index contributed by atoms with van der Waals surface area (Å²) in [5, 5.41) is 0. The Balaban J connectivity index is 1.36. The summed E-state index contributed by atoms with van der Waals surface area (Å²) in [4.78, 5) is 22.0. The predicted octanol–water partition coefficient (Wildman–Crippen LogP) is 1.38. The van der Waals surface area contributed by atoms with Crippen LogP contribution in [-0.2, 0) is 4.74 Å². The topological polar surface area (TPSA) is 77.7 Å². The number of oxazole rings is 1. The Hall–Kier alpha value is -2.41. The molecule has 0 saturated carbocycles. The number of pyridine rings is 1. The molecule has 2 fully saturated rings. The molecule has 4 heterocycles. The third kappa shape index (κ3) is 2.57. The second-order valence-electron chi connectivity index (χ2n) is 5.91. The van der Waals surface area contributed by atoms with Gasteiger partial charge in [-0.15, -0.1) is 0 Å². The zero-order chi connectivity index (χ0) is 15.7. The van der Waals surface area contributed by atoms with Crippen LogP contribution in [0.3, 0.4) is 0 Å². The minimum Gasteiger partial charge on any atom is -0.477 e. The number of likely N-dealkylation sites (tertiary alicyclic amines) is 1. The van der Waals surface area contributed by atoms with Crippen molar-refractivity contribution in [2.24, 2.45) is 5.92 Å². The Morgan fingerprint density at radius 2 is 2.30 bits per heavy atom. The molecule has 0 N–H and O–H groups in total. The van der Waals surface area contributed by atoms with Gasteiger partial charge >= 0.3 is 0 Å². The van der Waals surface area contributed by atoms with Gasteiger partial charge in [0, 0.05) is 24.8 Å². The molecule has 0 aromatic carbocycles. The van der Waals surface area contributed by atoms with Gasteiger partial charge in [-0.1, -0.05) is 6.07 Å². The van der Waals surface area contributed by atoms with Gasteiger partial charge in [0.25, 0.3) is 5.91 Å². The standard InChI is InChI=1S/C16H17N3O4/c20-15(13-8-21-11-18-13)19-9-16(10-19)12(4-6-23-16)7-22-14-3-1-2-5-17-14/h1-3,5,8,11-12H,4,6-7,9-10H2. The van der Waals surface area contributed by atoms with Gasteiger partial charge in [0.2, 0.25) is 5.88 Å². The van der Waals surface area contributed by atoms with Crippen LogP contribution in [0.5, 0.6) is 5.88 Å². The lowest BCUT2D eigenvalue weighted by Crippen LogP contribution is -2.66. The maximum atomic E-state index is 12.2. The van der Waals surface area contributed by atoms with E-state index in [4.69, 9.17) is 13.9 Å². The molecule has 23 heavy (non-hydrogen) atoms. The minimum atomic E-state index is -0.297. The quantitative estimate of drug-likeness (QED) is 0.848. The summed E-state index contributed by atoms with van der Waals surface area (Å²) in [6.07, 6.45) is 5.26. The summed E-state index contributed by atoms with van der Waals surface area (Å²) >= 11 is 0. The third-order valence-corrected chi connectivity index (χ3v) is 4.53. The van der Waals surface area contributed by atoms with Crippen LogP contribution in [0, 0.1) is 5.92 Å². The molecule has 1 spiro atoms. The molecule has 2 saturated heterocycles. The van der Waals surface area contributed by atoms with E-state index in [0.717, 1.165) is 6.42 Å². The highest BCUT2D eigenvalue weighted by atomic mass is 16.5. The molecule has 2 aliphatic rings. The first-order valence-electron chi connectivity index (χ1n) is 7.62. The van der Waals surface area contributed by atoms with Gasteiger partial charge in [-0.05, 0) is 12.5 Å². The van der Waals surface area contributed by atoms with Crippen LogP contribution in [0.15, 0.2) is 41.5 Å². The van der Waals surface area contributed by atoms with Crippen molar-refractivity contribution in [3.8, 4) is 5.88 Å². The molecule has 2 aromatic rings. The fraction of sp³-hybridized carbons (Fsp3) is 0.438. The first kappa shape index (κ1) is 14.2. The normalized spacial score (nSPS) is 22.1. The van der Waals surface area contributed by atoms with Gasteiger partial charge in [0.15, 0.2) is 12.1 Å². The summed E-state index contributed by atoms with van der Waals surface area (Å²) in [5.74, 6) is 0.750. The number of carbonyl (C=O) groups excluding carboxylic acids is 1. The van der Waals surface area contributed by atoms with E-state index in [9.17, 15) is 4.79 Å². The van der Waals surface area contributed by atoms with E-state index in [1.54, 1.807) is 11.1 Å². The third-order valence-electron chi connectivity index (χ3n) is 4.53. The van der Waals surface area contributed by atoms with Crippen LogP contribution in [-0.4, -0.2) is 52.7 Å². The lowest BCUT2D eigenvalue weighted by molar-refractivity contribution is -0.122. The van der Waals surface area contributed by atoms with Crippen molar-refractivity contribution < 1.29 is 18.7 Å². The smallest absolute Gasteiger partial charge is 0.276 e. The van der Waals surface area contributed by atoms with E-state index >= 15 is 0 Å². The number of rotatable bonds is 4. The van der Waals surface area contributed by atoms with Crippen molar-refractivity contribution in [3.05, 3.63) is 42.7 Å². The molecule has 0 bridgehead atoms. The highest BCUT2D eigenvalue weighted by Crippen LogP contribution is 2.40. The van der Waals surface area contributed by atoms with E-state index < -0.39 is 0 Å². The zero-order valence-corrected chi connectivity index (χ0v) is 12.6. The lowest BCUT2D eigenvalue weighted by atomic mass is 9.81. The number of ether oxygens (including phenoxy) is 2. The van der Waals surface area contributed by atoms with Gasteiger partial charge in [-0.3, -0.25) is 4.79 Å². The zero-order valence-electron chi connectivity index (χ0n) is 12.6. The van der Waals surface area contributed by atoms with Gasteiger partial charge in [-0.2, -0.15) is 0 Å². The van der Waals surface area contributed by atoms with E-state index in [2.05, 4.69) is 9.97 Å². The Labute approximate surface area is 133 Å². The van der Waals surface area contributed by atoms with E-state index in [-0.39, 0.29) is 17.4 Å². The molecule has 1 unspecified atom stereocenters. The SMILES string of the molecule is O=C(c1cocn1)N1CC2(C1)OCCC2COc1ccccn1. The van der Waals surface area contributed by atoms with Crippen LogP contribution in [0.25, 0.3) is 0 Å². The van der Waals surface area contributed by atoms with Crippen molar-refractivity contribution >= 4 is 5.91 Å². The summed E-state index contributed by atoms with van der Waals surface area (Å²) in [5.41, 5.74) is 0.0351. The molecule has 7 nitrogen and oxygen atoms in total. The second-order valence-corrected chi connectivity index (χ2v) is 5.91. The predicted molar refractivity (Wildman–Crippen MR) is 78.9 cm³/mol. The molecule has 4 rings (SSSR count). The molecular weight excluding hydrogens is 298 g/mol. The Morgan fingerprint density at radius 1 is 1.39 bits per heavy atom. The Morgan fingerprint density at radius 3 is 3.04 bits per heavy atom. The average molecular weight is 315 g/mol. The van der Waals surface area contributed by atoms with Crippen LogP contribution >= 0.6 is 0 Å². The van der Waals surface area contributed by atoms with Crippen molar-refractivity contribution in [3.63, 3.8) is 0 Å². The summed E-state index contributed by atoms with van der Waals surface area (Å²) < 4.78 is 16.6. The minimum absolute atomic E-state index is 0.121. The average Bonchev–Trinajstić information content (AvgIpc) is 3.21. The Kier molecular flexibility index (Phi) is 3.49. The maximum Gasteiger partial charge on any atom is 0.276 e. The molecule has 120 valence electrons. The van der Waals surface area contributed by atoms with Crippen molar-refractivity contribution in [2.75, 3.05) is 26.3 Å². The van der Waals surface area contributed by atoms with Crippen LogP contribution in [0.4, 0.5) is 0 Å². The highest BCUT2D eigenvalue weighted by Gasteiger charge is 2.55. The number of aromatic nitrogens is 2. The Bertz CT molecular complexity index is 668. The summed E-state index contributed by atoms with van der Waals surface area (Å²) in [6.45, 7) is 2.37. The molecule has 0 aliphatic carbocycles. The number of hydrogen-bond acceptors (Lipinski definition) is 6. The molecule has 0 radical (unpaired) electrons. The highest BCUT2D eigenvalue weighted by molar-refractivity contribution is 5.92. The van der Waals surface area contributed by atoms with Gasteiger partial charge in [0.05, 0.1) is 19.7 Å². The monoisotopic (exact) mass is 315 g/mol. The maximum absolute atomic E-state index is 12.2. The van der Waals surface area contributed by atoms with Gasteiger partial charge in [-0.25, -0.2) is 9.97 Å². The largest absolute Gasteiger partial charge is 0.477 e. The number of amides is 1. The molecule has 2 aromatic heterocycles. The first-order chi connectivity index (χ1) is 11.3. The van der Waals surface area contributed by atoms with Gasteiger partial charge < -0.3 is 18.8 Å². The van der Waals surface area contributed by atoms with E-state index in [1.807, 2.05) is 18.2 Å². The second kappa shape index (κ2) is 5.66. The van der Waals surface area contributed by atoms with Crippen molar-refractivity contribution in [2.45, 2.75) is 12.0 Å². The van der Waals surface area contributed by atoms with E-state index in [0.29, 0.717) is 37.9 Å². The molecule has 7 heteroatoms. The number of hydrogen-bond donors (Lipinski definition) is 0.